The Balaban J connectivity index is 1.43. The number of carbonyl (C=O) groups excluding carboxylic acids is 2. The first-order valence-electron chi connectivity index (χ1n) is 11.6. The molecule has 2 aromatic rings. The van der Waals surface area contributed by atoms with Crippen LogP contribution in [0.3, 0.4) is 0 Å². The molecule has 0 aromatic heterocycles. The third kappa shape index (κ3) is 4.96. The molecule has 0 saturated carbocycles. The number of amides is 2. The van der Waals surface area contributed by atoms with Gasteiger partial charge in [0.25, 0.3) is 0 Å². The van der Waals surface area contributed by atoms with Crippen LogP contribution in [0, 0.1) is 12.8 Å². The van der Waals surface area contributed by atoms with Gasteiger partial charge in [-0.25, -0.2) is 8.42 Å². The second-order valence-corrected chi connectivity index (χ2v) is 10.8. The van der Waals surface area contributed by atoms with Gasteiger partial charge in [-0.1, -0.05) is 19.1 Å². The zero-order valence-electron chi connectivity index (χ0n) is 19.2. The van der Waals surface area contributed by atoms with Gasteiger partial charge in [-0.05, 0) is 74.1 Å². The van der Waals surface area contributed by atoms with Gasteiger partial charge in [-0.15, -0.1) is 0 Å². The van der Waals surface area contributed by atoms with Crippen LogP contribution < -0.4 is 10.2 Å². The van der Waals surface area contributed by atoms with Crippen LogP contribution in [0.2, 0.25) is 0 Å². The maximum Gasteiger partial charge on any atom is 0.243 e. The maximum atomic E-state index is 13.3. The highest BCUT2D eigenvalue weighted by atomic mass is 32.2. The van der Waals surface area contributed by atoms with Crippen molar-refractivity contribution in [1.29, 1.82) is 0 Å². The van der Waals surface area contributed by atoms with Gasteiger partial charge in [0.15, 0.2) is 0 Å². The summed E-state index contributed by atoms with van der Waals surface area (Å²) < 4.78 is 28.1. The number of anilines is 2. The van der Waals surface area contributed by atoms with Crippen molar-refractivity contribution in [2.24, 2.45) is 5.92 Å². The summed E-state index contributed by atoms with van der Waals surface area (Å²) in [5, 5.41) is 2.95. The van der Waals surface area contributed by atoms with Crippen LogP contribution in [-0.4, -0.2) is 44.2 Å². The number of rotatable bonds is 5. The van der Waals surface area contributed by atoms with Crippen molar-refractivity contribution >= 4 is 33.2 Å². The Morgan fingerprint density at radius 1 is 1.06 bits per heavy atom. The molecule has 2 heterocycles. The summed E-state index contributed by atoms with van der Waals surface area (Å²) in [6.45, 7) is 5.10. The minimum atomic E-state index is -3.65. The summed E-state index contributed by atoms with van der Waals surface area (Å²) in [6, 6.07) is 12.7. The smallest absolute Gasteiger partial charge is 0.243 e. The van der Waals surface area contributed by atoms with E-state index in [1.54, 1.807) is 23.1 Å². The van der Waals surface area contributed by atoms with Gasteiger partial charge in [0.1, 0.15) is 0 Å². The molecule has 0 spiro atoms. The first-order chi connectivity index (χ1) is 15.8. The molecular weight excluding hydrogens is 438 g/mol. The molecule has 1 saturated heterocycles. The van der Waals surface area contributed by atoms with E-state index >= 15 is 0 Å². The van der Waals surface area contributed by atoms with Gasteiger partial charge in [0.05, 0.1) is 4.90 Å². The van der Waals surface area contributed by atoms with E-state index in [2.05, 4.69) is 5.32 Å². The van der Waals surface area contributed by atoms with Gasteiger partial charge in [-0.3, -0.25) is 9.59 Å². The third-order valence-corrected chi connectivity index (χ3v) is 8.42. The highest BCUT2D eigenvalue weighted by Gasteiger charge is 2.33. The average molecular weight is 470 g/mol. The van der Waals surface area contributed by atoms with Gasteiger partial charge in [-0.2, -0.15) is 4.31 Å². The zero-order chi connectivity index (χ0) is 23.6. The van der Waals surface area contributed by atoms with E-state index in [4.69, 9.17) is 0 Å². The molecule has 176 valence electrons. The van der Waals surface area contributed by atoms with Crippen LogP contribution in [0.4, 0.5) is 11.4 Å². The topological polar surface area (TPSA) is 86.8 Å². The van der Waals surface area contributed by atoms with Crippen LogP contribution in [0.25, 0.3) is 0 Å². The SMILES string of the molecule is CCC(=O)N1CCCc2cc(S(=O)(=O)N3CCC(C(=O)Nc4cccc(C)c4)CC3)ccc21. The lowest BCUT2D eigenvalue weighted by atomic mass is 9.97. The fraction of sp³-hybridized carbons (Fsp3) is 0.440. The quantitative estimate of drug-likeness (QED) is 0.723. The summed E-state index contributed by atoms with van der Waals surface area (Å²) in [4.78, 5) is 26.9. The van der Waals surface area contributed by atoms with Crippen LogP contribution in [0.5, 0.6) is 0 Å². The van der Waals surface area contributed by atoms with Crippen LogP contribution >= 0.6 is 0 Å². The number of nitrogens with one attached hydrogen (secondary N) is 1. The fourth-order valence-corrected chi connectivity index (χ4v) is 6.18. The largest absolute Gasteiger partial charge is 0.326 e. The summed E-state index contributed by atoms with van der Waals surface area (Å²) in [5.74, 6) is -0.223. The van der Waals surface area contributed by atoms with Crippen molar-refractivity contribution in [3.8, 4) is 0 Å². The van der Waals surface area contributed by atoms with Crippen molar-refractivity contribution < 1.29 is 18.0 Å². The molecule has 2 aliphatic rings. The molecule has 2 amide bonds. The second-order valence-electron chi connectivity index (χ2n) is 8.83. The molecule has 0 atom stereocenters. The first-order valence-corrected chi connectivity index (χ1v) is 13.0. The Kier molecular flexibility index (Phi) is 6.86. The summed E-state index contributed by atoms with van der Waals surface area (Å²) in [5.41, 5.74) is 3.55. The normalized spacial score (nSPS) is 17.5. The van der Waals surface area contributed by atoms with Crippen molar-refractivity contribution in [3.05, 3.63) is 53.6 Å². The van der Waals surface area contributed by atoms with Crippen molar-refractivity contribution in [2.75, 3.05) is 29.9 Å². The number of sulfonamides is 1. The van der Waals surface area contributed by atoms with Gasteiger partial charge in [0, 0.05) is 43.3 Å². The molecule has 0 bridgehead atoms. The molecule has 1 N–H and O–H groups in total. The average Bonchev–Trinajstić information content (AvgIpc) is 2.82. The Morgan fingerprint density at radius 2 is 1.82 bits per heavy atom. The molecule has 0 radical (unpaired) electrons. The highest BCUT2D eigenvalue weighted by molar-refractivity contribution is 7.89. The molecule has 33 heavy (non-hydrogen) atoms. The number of hydrogen-bond donors (Lipinski definition) is 1. The molecule has 8 heteroatoms. The van der Waals surface area contributed by atoms with Gasteiger partial charge >= 0.3 is 0 Å². The molecule has 0 aliphatic carbocycles. The lowest BCUT2D eigenvalue weighted by Gasteiger charge is -2.32. The lowest BCUT2D eigenvalue weighted by Crippen LogP contribution is -2.41. The minimum Gasteiger partial charge on any atom is -0.326 e. The number of aryl methyl sites for hydroxylation is 2. The summed E-state index contributed by atoms with van der Waals surface area (Å²) in [6.07, 6.45) is 2.98. The van der Waals surface area contributed by atoms with Gasteiger partial charge in [0.2, 0.25) is 21.8 Å². The van der Waals surface area contributed by atoms with Crippen LogP contribution in [0.15, 0.2) is 47.4 Å². The zero-order valence-corrected chi connectivity index (χ0v) is 20.0. The van der Waals surface area contributed by atoms with E-state index < -0.39 is 10.0 Å². The van der Waals surface area contributed by atoms with Crippen molar-refractivity contribution in [2.45, 2.75) is 50.8 Å². The Morgan fingerprint density at radius 3 is 2.52 bits per heavy atom. The van der Waals surface area contributed by atoms with Gasteiger partial charge < -0.3 is 10.2 Å². The summed E-state index contributed by atoms with van der Waals surface area (Å²) in [7, 11) is -3.65. The van der Waals surface area contributed by atoms with E-state index in [-0.39, 0.29) is 22.6 Å². The molecule has 0 unspecified atom stereocenters. The molecule has 4 rings (SSSR count). The maximum absolute atomic E-state index is 13.3. The number of benzene rings is 2. The Labute approximate surface area is 195 Å². The van der Waals surface area contributed by atoms with Crippen molar-refractivity contribution in [3.63, 3.8) is 0 Å². The molecule has 2 aliphatic heterocycles. The number of nitrogens with zero attached hydrogens (tertiary/aromatic N) is 2. The lowest BCUT2D eigenvalue weighted by molar-refractivity contribution is -0.121. The predicted molar refractivity (Wildman–Crippen MR) is 129 cm³/mol. The van der Waals surface area contributed by atoms with Crippen LogP contribution in [0.1, 0.15) is 43.7 Å². The Hall–Kier alpha value is -2.71. The fourth-order valence-electron chi connectivity index (χ4n) is 4.66. The summed E-state index contributed by atoms with van der Waals surface area (Å²) >= 11 is 0. The molecular formula is C25H31N3O4S. The minimum absolute atomic E-state index is 0.0533. The molecule has 7 nitrogen and oxygen atoms in total. The first kappa shape index (κ1) is 23.4. The monoisotopic (exact) mass is 469 g/mol. The standard InChI is InChI=1S/C25H31N3O4S/c1-3-24(29)28-13-5-7-20-17-22(9-10-23(20)28)33(31,32)27-14-11-19(12-15-27)25(30)26-21-8-4-6-18(2)16-21/h4,6,8-10,16-17,19H,3,5,7,11-15H2,1-2H3,(H,26,30). The number of piperidine rings is 1. The van der Waals surface area contributed by atoms with E-state index in [9.17, 15) is 18.0 Å². The third-order valence-electron chi connectivity index (χ3n) is 6.52. The van der Waals surface area contributed by atoms with E-state index in [1.165, 1.54) is 4.31 Å². The Bertz CT molecular complexity index is 1150. The van der Waals surface area contributed by atoms with E-state index in [0.717, 1.165) is 35.3 Å². The molecule has 2 aromatic carbocycles. The number of fused-ring (bicyclic) bond motifs is 1. The number of hydrogen-bond acceptors (Lipinski definition) is 4. The van der Waals surface area contributed by atoms with Crippen molar-refractivity contribution in [1.82, 2.24) is 4.31 Å². The molecule has 1 fully saturated rings. The predicted octanol–water partition coefficient (Wildman–Crippen LogP) is 3.72. The number of carbonyl (C=O) groups is 2. The van der Waals surface area contributed by atoms with E-state index in [0.29, 0.717) is 38.9 Å². The second kappa shape index (κ2) is 9.65. The highest BCUT2D eigenvalue weighted by Crippen LogP contribution is 2.32. The van der Waals surface area contributed by atoms with Crippen LogP contribution in [-0.2, 0) is 26.0 Å². The van der Waals surface area contributed by atoms with E-state index in [1.807, 2.05) is 38.1 Å².